The maximum absolute atomic E-state index is 12.2. The van der Waals surface area contributed by atoms with Crippen LogP contribution in [0.15, 0.2) is 0 Å². The molecule has 0 saturated heterocycles. The van der Waals surface area contributed by atoms with E-state index in [1.165, 1.54) is 0 Å². The van der Waals surface area contributed by atoms with Crippen molar-refractivity contribution in [2.75, 3.05) is 13.2 Å². The minimum absolute atomic E-state index is 0.100. The van der Waals surface area contributed by atoms with Crippen LogP contribution in [0.25, 0.3) is 0 Å². The van der Waals surface area contributed by atoms with Crippen molar-refractivity contribution in [1.82, 2.24) is 5.32 Å². The number of hydrogen-bond acceptors (Lipinski definition) is 2. The van der Waals surface area contributed by atoms with Gasteiger partial charge in [-0.15, -0.1) is 0 Å². The molecular formula is C12H22F3NO. The van der Waals surface area contributed by atoms with Crippen molar-refractivity contribution in [3.05, 3.63) is 0 Å². The molecule has 1 saturated carbocycles. The summed E-state index contributed by atoms with van der Waals surface area (Å²) >= 11 is 0. The summed E-state index contributed by atoms with van der Waals surface area (Å²) in [6.45, 7) is 5.35. The van der Waals surface area contributed by atoms with Gasteiger partial charge >= 0.3 is 6.18 Å². The van der Waals surface area contributed by atoms with Gasteiger partial charge in [-0.05, 0) is 33.6 Å². The smallest absolute Gasteiger partial charge is 0.364 e. The minimum Gasteiger partial charge on any atom is -0.364 e. The molecule has 0 aromatic rings. The standard InChI is InChI=1S/C12H22F3NO/c1-10(2,3)16-8-11(6-4-5-7-11)17-9-12(13,14)15/h16H,4-9H2,1-3H3. The summed E-state index contributed by atoms with van der Waals surface area (Å²) in [6.07, 6.45) is -0.914. The van der Waals surface area contributed by atoms with Crippen LogP contribution in [0.1, 0.15) is 46.5 Å². The van der Waals surface area contributed by atoms with Crippen molar-refractivity contribution in [2.45, 2.75) is 63.8 Å². The van der Waals surface area contributed by atoms with Crippen LogP contribution in [0, 0.1) is 0 Å². The normalized spacial score (nSPS) is 20.8. The SMILES string of the molecule is CC(C)(C)NCC1(OCC(F)(F)F)CCCC1. The summed E-state index contributed by atoms with van der Waals surface area (Å²) in [5.41, 5.74) is -0.722. The third-order valence-corrected chi connectivity index (χ3v) is 3.00. The molecular weight excluding hydrogens is 231 g/mol. The molecule has 2 nitrogen and oxygen atoms in total. The Morgan fingerprint density at radius 1 is 1.12 bits per heavy atom. The van der Waals surface area contributed by atoms with Gasteiger partial charge in [0.25, 0.3) is 0 Å². The number of hydrogen-bond donors (Lipinski definition) is 1. The fraction of sp³-hybridized carbons (Fsp3) is 1.00. The van der Waals surface area contributed by atoms with Gasteiger partial charge in [-0.2, -0.15) is 13.2 Å². The lowest BCUT2D eigenvalue weighted by Gasteiger charge is -2.33. The van der Waals surface area contributed by atoms with Crippen LogP contribution in [0.2, 0.25) is 0 Å². The van der Waals surface area contributed by atoms with E-state index in [0.29, 0.717) is 19.4 Å². The van der Waals surface area contributed by atoms with Crippen molar-refractivity contribution >= 4 is 0 Å². The van der Waals surface area contributed by atoms with Crippen molar-refractivity contribution in [2.24, 2.45) is 0 Å². The van der Waals surface area contributed by atoms with Crippen LogP contribution >= 0.6 is 0 Å². The third kappa shape index (κ3) is 5.73. The number of rotatable bonds is 4. The van der Waals surface area contributed by atoms with Gasteiger partial charge in [0, 0.05) is 12.1 Å². The highest BCUT2D eigenvalue weighted by molar-refractivity contribution is 4.91. The first-order chi connectivity index (χ1) is 7.62. The minimum atomic E-state index is -4.24. The van der Waals surface area contributed by atoms with Crippen LogP contribution in [-0.2, 0) is 4.74 Å². The van der Waals surface area contributed by atoms with Crippen LogP contribution in [0.3, 0.4) is 0 Å². The molecule has 1 rings (SSSR count). The summed E-state index contributed by atoms with van der Waals surface area (Å²) < 4.78 is 41.8. The Kier molecular flexibility index (Phi) is 4.47. The van der Waals surface area contributed by atoms with Gasteiger partial charge in [0.1, 0.15) is 6.61 Å². The zero-order valence-electron chi connectivity index (χ0n) is 10.8. The molecule has 1 aliphatic rings. The first kappa shape index (κ1) is 14.8. The largest absolute Gasteiger partial charge is 0.411 e. The van der Waals surface area contributed by atoms with Crippen molar-refractivity contribution in [3.63, 3.8) is 0 Å². The second kappa shape index (κ2) is 5.14. The summed E-state index contributed by atoms with van der Waals surface area (Å²) in [6, 6.07) is 0. The van der Waals surface area contributed by atoms with Gasteiger partial charge in [-0.25, -0.2) is 0 Å². The van der Waals surface area contributed by atoms with Gasteiger partial charge in [-0.3, -0.25) is 0 Å². The lowest BCUT2D eigenvalue weighted by atomic mass is 9.99. The highest BCUT2D eigenvalue weighted by Gasteiger charge is 2.39. The molecule has 0 amide bonds. The average molecular weight is 253 g/mol. The summed E-state index contributed by atoms with van der Waals surface area (Å²) in [4.78, 5) is 0. The highest BCUT2D eigenvalue weighted by Crippen LogP contribution is 2.34. The third-order valence-electron chi connectivity index (χ3n) is 3.00. The van der Waals surface area contributed by atoms with E-state index in [4.69, 9.17) is 4.74 Å². The Labute approximate surface area is 101 Å². The zero-order valence-corrected chi connectivity index (χ0v) is 10.8. The average Bonchev–Trinajstić information content (AvgIpc) is 2.59. The Morgan fingerprint density at radius 3 is 2.06 bits per heavy atom. The Hall–Kier alpha value is -0.290. The fourth-order valence-corrected chi connectivity index (χ4v) is 2.05. The van der Waals surface area contributed by atoms with E-state index in [1.807, 2.05) is 20.8 Å². The molecule has 1 aliphatic carbocycles. The van der Waals surface area contributed by atoms with Crippen molar-refractivity contribution in [3.8, 4) is 0 Å². The van der Waals surface area contributed by atoms with E-state index in [0.717, 1.165) is 12.8 Å². The first-order valence-corrected chi connectivity index (χ1v) is 6.08. The van der Waals surface area contributed by atoms with Gasteiger partial charge < -0.3 is 10.1 Å². The Bertz CT molecular complexity index is 219. The fourth-order valence-electron chi connectivity index (χ4n) is 2.05. The van der Waals surface area contributed by atoms with Gasteiger partial charge in [0.05, 0.1) is 5.60 Å². The molecule has 1 N–H and O–H groups in total. The number of halogens is 3. The molecule has 0 unspecified atom stereocenters. The Balaban J connectivity index is 2.51. The summed E-state index contributed by atoms with van der Waals surface area (Å²) in [5.74, 6) is 0. The van der Waals surface area contributed by atoms with E-state index in [-0.39, 0.29) is 5.54 Å². The van der Waals surface area contributed by atoms with Crippen LogP contribution in [0.4, 0.5) is 13.2 Å². The molecule has 0 heterocycles. The second-order valence-corrected chi connectivity index (χ2v) is 5.90. The predicted octanol–water partition coefficient (Wildman–Crippen LogP) is 3.27. The first-order valence-electron chi connectivity index (χ1n) is 6.08. The maximum atomic E-state index is 12.2. The summed E-state index contributed by atoms with van der Waals surface area (Å²) in [5, 5.41) is 3.25. The van der Waals surface area contributed by atoms with Crippen molar-refractivity contribution in [1.29, 1.82) is 0 Å². The monoisotopic (exact) mass is 253 g/mol. The lowest BCUT2D eigenvalue weighted by molar-refractivity contribution is -0.204. The van der Waals surface area contributed by atoms with E-state index in [1.54, 1.807) is 0 Å². The number of ether oxygens (including phenoxy) is 1. The lowest BCUT2D eigenvalue weighted by Crippen LogP contribution is -2.48. The molecule has 0 atom stereocenters. The molecule has 0 aromatic carbocycles. The molecule has 102 valence electrons. The quantitative estimate of drug-likeness (QED) is 0.830. The van der Waals surface area contributed by atoms with Crippen LogP contribution in [-0.4, -0.2) is 30.5 Å². The van der Waals surface area contributed by atoms with Crippen molar-refractivity contribution < 1.29 is 17.9 Å². The second-order valence-electron chi connectivity index (χ2n) is 5.90. The molecule has 5 heteroatoms. The molecule has 17 heavy (non-hydrogen) atoms. The molecule has 0 bridgehead atoms. The predicted molar refractivity (Wildman–Crippen MR) is 61.0 cm³/mol. The maximum Gasteiger partial charge on any atom is 0.411 e. The van der Waals surface area contributed by atoms with Gasteiger partial charge in [0.2, 0.25) is 0 Å². The van der Waals surface area contributed by atoms with Gasteiger partial charge in [-0.1, -0.05) is 12.8 Å². The van der Waals surface area contributed by atoms with E-state index in [9.17, 15) is 13.2 Å². The molecule has 0 aromatic heterocycles. The molecule has 0 aliphatic heterocycles. The van der Waals surface area contributed by atoms with Gasteiger partial charge in [0.15, 0.2) is 0 Å². The molecule has 1 fully saturated rings. The topological polar surface area (TPSA) is 21.3 Å². The Morgan fingerprint density at radius 2 is 1.65 bits per heavy atom. The number of alkyl halides is 3. The van der Waals surface area contributed by atoms with Crippen LogP contribution in [0.5, 0.6) is 0 Å². The number of nitrogens with one attached hydrogen (secondary N) is 1. The van der Waals surface area contributed by atoms with E-state index >= 15 is 0 Å². The molecule has 0 radical (unpaired) electrons. The van der Waals surface area contributed by atoms with E-state index < -0.39 is 18.4 Å². The highest BCUT2D eigenvalue weighted by atomic mass is 19.4. The summed E-state index contributed by atoms with van der Waals surface area (Å²) in [7, 11) is 0. The zero-order chi connectivity index (χ0) is 13.2. The van der Waals surface area contributed by atoms with E-state index in [2.05, 4.69) is 5.32 Å². The van der Waals surface area contributed by atoms with Crippen LogP contribution < -0.4 is 5.32 Å². The molecule has 0 spiro atoms.